The van der Waals surface area contributed by atoms with Crippen molar-refractivity contribution in [3.63, 3.8) is 0 Å². The van der Waals surface area contributed by atoms with E-state index in [0.717, 1.165) is 52.2 Å². The van der Waals surface area contributed by atoms with Crippen LogP contribution in [-0.2, 0) is 11.4 Å². The summed E-state index contributed by atoms with van der Waals surface area (Å²) in [5, 5.41) is 4.83. The molecule has 2 heterocycles. The van der Waals surface area contributed by atoms with Gasteiger partial charge in [-0.3, -0.25) is 9.59 Å². The number of likely N-dealkylation sites (N-methyl/N-ethyl adjacent to an activating group) is 2. The van der Waals surface area contributed by atoms with Crippen molar-refractivity contribution >= 4 is 23.6 Å². The molecule has 0 fully saturated rings. The molecule has 0 saturated carbocycles. The number of fused-ring (bicyclic) bond motifs is 3. The van der Waals surface area contributed by atoms with Crippen molar-refractivity contribution in [1.29, 1.82) is 0 Å². The van der Waals surface area contributed by atoms with Crippen LogP contribution in [0.1, 0.15) is 55.2 Å². The third-order valence-corrected chi connectivity index (χ3v) is 6.46. The summed E-state index contributed by atoms with van der Waals surface area (Å²) in [6.07, 6.45) is 10.3. The average Bonchev–Trinajstić information content (AvgIpc) is 3.26. The molecule has 1 aromatic heterocycles. The second-order valence-electron chi connectivity index (χ2n) is 9.46. The highest BCUT2D eigenvalue weighted by Gasteiger charge is 2.32. The Balaban J connectivity index is 1.82. The van der Waals surface area contributed by atoms with Crippen LogP contribution in [0, 0.1) is 0 Å². The largest absolute Gasteiger partial charge is 0.496 e. The summed E-state index contributed by atoms with van der Waals surface area (Å²) in [7, 11) is 5.11. The number of allylic oxidation sites excluding steroid dienone is 5. The van der Waals surface area contributed by atoms with Crippen molar-refractivity contribution in [2.24, 2.45) is 0 Å². The van der Waals surface area contributed by atoms with Crippen molar-refractivity contribution in [1.82, 2.24) is 19.6 Å². The molecule has 2 aliphatic rings. The number of carbonyl (C=O) groups excluding carboxylic acids is 2. The van der Waals surface area contributed by atoms with Gasteiger partial charge in [-0.15, -0.1) is 0 Å². The number of hydrogen-bond donors (Lipinski definition) is 0. The van der Waals surface area contributed by atoms with Gasteiger partial charge in [0.25, 0.3) is 5.91 Å². The van der Waals surface area contributed by atoms with E-state index in [-0.39, 0.29) is 18.4 Å². The van der Waals surface area contributed by atoms with Crippen molar-refractivity contribution in [3.8, 4) is 22.8 Å². The maximum atomic E-state index is 13.5. The van der Waals surface area contributed by atoms with Gasteiger partial charge >= 0.3 is 0 Å². The van der Waals surface area contributed by atoms with Crippen LogP contribution in [0.2, 0.25) is 0 Å². The zero-order valence-corrected chi connectivity index (χ0v) is 21.9. The van der Waals surface area contributed by atoms with Crippen LogP contribution in [0.25, 0.3) is 23.0 Å². The van der Waals surface area contributed by atoms with E-state index in [2.05, 4.69) is 18.2 Å². The fourth-order valence-electron chi connectivity index (χ4n) is 4.35. The summed E-state index contributed by atoms with van der Waals surface area (Å²) in [4.78, 5) is 28.3. The fourth-order valence-corrected chi connectivity index (χ4v) is 4.35. The summed E-state index contributed by atoms with van der Waals surface area (Å²) < 4.78 is 13.6. The predicted octanol–water partition coefficient (Wildman–Crippen LogP) is 4.62. The summed E-state index contributed by atoms with van der Waals surface area (Å²) in [5.41, 5.74) is 5.86. The van der Waals surface area contributed by atoms with Gasteiger partial charge in [-0.1, -0.05) is 23.8 Å². The van der Waals surface area contributed by atoms with Gasteiger partial charge in [0.05, 0.1) is 18.5 Å². The molecule has 1 aromatic carbocycles. The second-order valence-corrected chi connectivity index (χ2v) is 9.46. The van der Waals surface area contributed by atoms with E-state index in [1.165, 1.54) is 6.92 Å². The summed E-state index contributed by atoms with van der Waals surface area (Å²) in [6.45, 7) is 6.67. The summed E-state index contributed by atoms with van der Waals surface area (Å²) in [6, 6.07) is 3.95. The number of benzene rings is 1. The fraction of sp³-hybridized carbons (Fsp3) is 0.393. The molecule has 4 rings (SSSR count). The first-order valence-corrected chi connectivity index (χ1v) is 12.2. The zero-order chi connectivity index (χ0) is 26.0. The second kappa shape index (κ2) is 10.4. The lowest BCUT2D eigenvalue weighted by Gasteiger charge is -2.23. The SMILES string of the molecule is COc1cc2c(cc1C=C(C)C)-c1c(c(C(=O)N(C)CCN(C)C(C)=O)nn1C1=CCCC=C1)CO2. The molecule has 0 saturated heterocycles. The highest BCUT2D eigenvalue weighted by atomic mass is 16.5. The van der Waals surface area contributed by atoms with Gasteiger partial charge in [0.15, 0.2) is 5.69 Å². The van der Waals surface area contributed by atoms with Gasteiger partial charge in [0, 0.05) is 56.9 Å². The lowest BCUT2D eigenvalue weighted by molar-refractivity contribution is -0.127. The van der Waals surface area contributed by atoms with Crippen molar-refractivity contribution < 1.29 is 19.1 Å². The third-order valence-electron chi connectivity index (χ3n) is 6.46. The van der Waals surface area contributed by atoms with Crippen LogP contribution >= 0.6 is 0 Å². The van der Waals surface area contributed by atoms with E-state index in [4.69, 9.17) is 14.6 Å². The van der Waals surface area contributed by atoms with Gasteiger partial charge in [-0.2, -0.15) is 5.10 Å². The number of ether oxygens (including phenoxy) is 2. The van der Waals surface area contributed by atoms with Crippen LogP contribution in [0.5, 0.6) is 11.5 Å². The van der Waals surface area contributed by atoms with Crippen LogP contribution < -0.4 is 9.47 Å². The number of hydrogen-bond acceptors (Lipinski definition) is 5. The first-order valence-electron chi connectivity index (χ1n) is 12.2. The number of methoxy groups -OCH3 is 1. The topological polar surface area (TPSA) is 76.9 Å². The molecular formula is C28H34N4O4. The molecule has 8 nitrogen and oxygen atoms in total. The highest BCUT2D eigenvalue weighted by molar-refractivity contribution is 5.97. The first kappa shape index (κ1) is 25.3. The monoisotopic (exact) mass is 490 g/mol. The van der Waals surface area contributed by atoms with Gasteiger partial charge in [-0.25, -0.2) is 4.68 Å². The number of aromatic nitrogens is 2. The van der Waals surface area contributed by atoms with Crippen molar-refractivity contribution in [2.75, 3.05) is 34.3 Å². The minimum Gasteiger partial charge on any atom is -0.496 e. The normalized spacial score (nSPS) is 13.7. The van der Waals surface area contributed by atoms with Gasteiger partial charge in [0.2, 0.25) is 5.91 Å². The molecule has 0 N–H and O–H groups in total. The van der Waals surface area contributed by atoms with Crippen LogP contribution in [0.15, 0.2) is 35.9 Å². The third kappa shape index (κ3) is 4.94. The van der Waals surface area contributed by atoms with Gasteiger partial charge < -0.3 is 19.3 Å². The van der Waals surface area contributed by atoms with E-state index in [0.29, 0.717) is 24.5 Å². The lowest BCUT2D eigenvalue weighted by Crippen LogP contribution is -2.37. The molecule has 2 aromatic rings. The Morgan fingerprint density at radius 3 is 2.53 bits per heavy atom. The van der Waals surface area contributed by atoms with Gasteiger partial charge in [-0.05, 0) is 38.8 Å². The molecule has 0 unspecified atom stereocenters. The summed E-state index contributed by atoms with van der Waals surface area (Å²) in [5.74, 6) is 1.18. The van der Waals surface area contributed by atoms with E-state index < -0.39 is 0 Å². The maximum absolute atomic E-state index is 13.5. The van der Waals surface area contributed by atoms with Crippen molar-refractivity contribution in [2.45, 2.75) is 40.2 Å². The Hall–Kier alpha value is -3.81. The molecule has 8 heteroatoms. The Morgan fingerprint density at radius 2 is 1.89 bits per heavy atom. The van der Waals surface area contributed by atoms with Crippen LogP contribution in [0.4, 0.5) is 0 Å². The molecule has 2 amide bonds. The van der Waals surface area contributed by atoms with Gasteiger partial charge in [0.1, 0.15) is 18.1 Å². The Morgan fingerprint density at radius 1 is 1.14 bits per heavy atom. The minimum absolute atomic E-state index is 0.0406. The van der Waals surface area contributed by atoms with E-state index >= 15 is 0 Å². The van der Waals surface area contributed by atoms with E-state index in [1.807, 2.05) is 36.7 Å². The zero-order valence-electron chi connectivity index (χ0n) is 21.9. The lowest BCUT2D eigenvalue weighted by atomic mass is 9.98. The molecule has 0 radical (unpaired) electrons. The van der Waals surface area contributed by atoms with Crippen molar-refractivity contribution in [3.05, 3.63) is 52.8 Å². The average molecular weight is 491 g/mol. The molecule has 0 atom stereocenters. The maximum Gasteiger partial charge on any atom is 0.274 e. The first-order chi connectivity index (χ1) is 17.2. The number of carbonyl (C=O) groups is 2. The Labute approximate surface area is 212 Å². The molecule has 0 spiro atoms. The molecule has 1 aliphatic heterocycles. The minimum atomic E-state index is -0.201. The van der Waals surface area contributed by atoms with Crippen LogP contribution in [-0.4, -0.2) is 65.7 Å². The number of nitrogens with zero attached hydrogens (tertiary/aromatic N) is 4. The van der Waals surface area contributed by atoms with E-state index in [1.54, 1.807) is 31.0 Å². The molecular weight excluding hydrogens is 456 g/mol. The summed E-state index contributed by atoms with van der Waals surface area (Å²) >= 11 is 0. The highest BCUT2D eigenvalue weighted by Crippen LogP contribution is 2.44. The molecule has 0 bridgehead atoms. The predicted molar refractivity (Wildman–Crippen MR) is 141 cm³/mol. The molecule has 36 heavy (non-hydrogen) atoms. The smallest absolute Gasteiger partial charge is 0.274 e. The van der Waals surface area contributed by atoms with E-state index in [9.17, 15) is 9.59 Å². The quantitative estimate of drug-likeness (QED) is 0.566. The Kier molecular flexibility index (Phi) is 7.33. The number of rotatable bonds is 7. The molecule has 1 aliphatic carbocycles. The Bertz CT molecular complexity index is 1280. The van der Waals surface area contributed by atoms with Crippen LogP contribution in [0.3, 0.4) is 0 Å². The standard InChI is InChI=1S/C28H34N4O4/c1-18(2)14-20-15-22-25(16-24(20)35-6)36-17-23-26(28(34)31(5)13-12-30(4)19(3)33)29-32(27(22)23)21-10-8-7-9-11-21/h8,10-11,14-16H,7,9,12-13,17H2,1-6H3. The molecule has 190 valence electrons. The number of amides is 2.